The zero-order valence-corrected chi connectivity index (χ0v) is 16.9. The van der Waals surface area contributed by atoms with E-state index in [1.165, 1.54) is 89.9 Å². The SMILES string of the molecule is CCCC1(C#N)CCCC(C2CCC(C3CCC(CC)CC3)CC2)C1. The molecule has 0 aromatic rings. The first-order valence-electron chi connectivity index (χ1n) is 11.6. The summed E-state index contributed by atoms with van der Waals surface area (Å²) >= 11 is 0. The highest BCUT2D eigenvalue weighted by atomic mass is 14.5. The van der Waals surface area contributed by atoms with Crippen LogP contribution in [0.4, 0.5) is 0 Å². The number of hydrogen-bond donors (Lipinski definition) is 0. The van der Waals surface area contributed by atoms with Crippen molar-refractivity contribution in [2.24, 2.45) is 35.0 Å². The van der Waals surface area contributed by atoms with Crippen LogP contribution in [0.25, 0.3) is 0 Å². The lowest BCUT2D eigenvalue weighted by molar-refractivity contribution is 0.0824. The van der Waals surface area contributed by atoms with Crippen molar-refractivity contribution in [3.63, 3.8) is 0 Å². The Hall–Kier alpha value is -0.510. The van der Waals surface area contributed by atoms with Crippen molar-refractivity contribution in [1.82, 2.24) is 0 Å². The van der Waals surface area contributed by atoms with E-state index in [4.69, 9.17) is 0 Å². The molecule has 0 aromatic heterocycles. The highest BCUT2D eigenvalue weighted by molar-refractivity contribution is 5.03. The molecule has 0 spiro atoms. The predicted octanol–water partition coefficient (Wildman–Crippen LogP) is 7.51. The largest absolute Gasteiger partial charge is 0.198 e. The summed E-state index contributed by atoms with van der Waals surface area (Å²) in [6.45, 7) is 4.63. The van der Waals surface area contributed by atoms with E-state index in [1.54, 1.807) is 0 Å². The molecule has 0 saturated heterocycles. The molecule has 0 bridgehead atoms. The number of rotatable bonds is 5. The van der Waals surface area contributed by atoms with Crippen LogP contribution in [0.2, 0.25) is 0 Å². The molecule has 25 heavy (non-hydrogen) atoms. The summed E-state index contributed by atoms with van der Waals surface area (Å²) in [5.74, 6) is 4.92. The fourth-order valence-corrected chi connectivity index (χ4v) is 6.83. The van der Waals surface area contributed by atoms with Crippen molar-refractivity contribution in [2.45, 2.75) is 110 Å². The fraction of sp³-hybridized carbons (Fsp3) is 0.958. The van der Waals surface area contributed by atoms with Gasteiger partial charge in [-0.1, -0.05) is 52.4 Å². The summed E-state index contributed by atoms with van der Waals surface area (Å²) < 4.78 is 0. The van der Waals surface area contributed by atoms with Crippen molar-refractivity contribution >= 4 is 0 Å². The van der Waals surface area contributed by atoms with E-state index in [0.29, 0.717) is 0 Å². The molecule has 3 rings (SSSR count). The molecule has 142 valence electrons. The molecule has 0 aromatic carbocycles. The monoisotopic (exact) mass is 343 g/mol. The molecule has 0 heterocycles. The fourth-order valence-electron chi connectivity index (χ4n) is 6.83. The van der Waals surface area contributed by atoms with Crippen LogP contribution in [0.3, 0.4) is 0 Å². The summed E-state index contributed by atoms with van der Waals surface area (Å²) in [7, 11) is 0. The first kappa shape index (κ1) is 19.3. The quantitative estimate of drug-likeness (QED) is 0.506. The van der Waals surface area contributed by atoms with Gasteiger partial charge in [-0.3, -0.25) is 0 Å². The molecule has 3 aliphatic carbocycles. The number of hydrogen-bond acceptors (Lipinski definition) is 1. The van der Waals surface area contributed by atoms with Crippen molar-refractivity contribution < 1.29 is 0 Å². The Bertz CT molecular complexity index is 430. The van der Waals surface area contributed by atoms with Gasteiger partial charge in [0.1, 0.15) is 0 Å². The van der Waals surface area contributed by atoms with E-state index in [1.807, 2.05) is 0 Å². The maximum Gasteiger partial charge on any atom is 0.0689 e. The minimum Gasteiger partial charge on any atom is -0.198 e. The first-order valence-corrected chi connectivity index (χ1v) is 11.6. The Kier molecular flexibility index (Phi) is 6.87. The molecule has 3 aliphatic rings. The summed E-state index contributed by atoms with van der Waals surface area (Å²) in [5.41, 5.74) is 0.0348. The van der Waals surface area contributed by atoms with Gasteiger partial charge in [0.2, 0.25) is 0 Å². The summed E-state index contributed by atoms with van der Waals surface area (Å²) in [4.78, 5) is 0. The van der Waals surface area contributed by atoms with Crippen LogP contribution in [0.5, 0.6) is 0 Å². The van der Waals surface area contributed by atoms with Crippen molar-refractivity contribution in [3.8, 4) is 6.07 Å². The highest BCUT2D eigenvalue weighted by Gasteiger charge is 2.40. The molecule has 2 atom stereocenters. The van der Waals surface area contributed by atoms with Gasteiger partial charge >= 0.3 is 0 Å². The van der Waals surface area contributed by atoms with E-state index in [0.717, 1.165) is 36.0 Å². The molecule has 1 nitrogen and oxygen atoms in total. The Morgan fingerprint density at radius 1 is 0.800 bits per heavy atom. The lowest BCUT2D eigenvalue weighted by Gasteiger charge is -2.43. The Balaban J connectivity index is 1.48. The Morgan fingerprint density at radius 3 is 1.88 bits per heavy atom. The molecule has 2 unspecified atom stereocenters. The van der Waals surface area contributed by atoms with E-state index in [9.17, 15) is 5.26 Å². The van der Waals surface area contributed by atoms with Gasteiger partial charge in [0, 0.05) is 0 Å². The molecule has 0 aliphatic heterocycles. The van der Waals surface area contributed by atoms with E-state index in [2.05, 4.69) is 19.9 Å². The minimum atomic E-state index is 0.0348. The lowest BCUT2D eigenvalue weighted by atomic mass is 9.61. The van der Waals surface area contributed by atoms with Gasteiger partial charge in [0.05, 0.1) is 11.5 Å². The molecule has 1 heteroatoms. The maximum absolute atomic E-state index is 9.79. The summed E-state index contributed by atoms with van der Waals surface area (Å²) in [5, 5.41) is 9.79. The van der Waals surface area contributed by atoms with Gasteiger partial charge in [-0.2, -0.15) is 5.26 Å². The second-order valence-corrected chi connectivity index (χ2v) is 9.86. The lowest BCUT2D eigenvalue weighted by Crippen LogP contribution is -2.34. The first-order chi connectivity index (χ1) is 12.2. The van der Waals surface area contributed by atoms with Gasteiger partial charge in [-0.25, -0.2) is 0 Å². The van der Waals surface area contributed by atoms with Crippen LogP contribution in [0.1, 0.15) is 110 Å². The van der Waals surface area contributed by atoms with Crippen LogP contribution in [0, 0.1) is 46.3 Å². The molecular formula is C24H41N. The third-order valence-electron chi connectivity index (χ3n) is 8.47. The molecule has 0 amide bonds. The van der Waals surface area contributed by atoms with Crippen molar-refractivity contribution in [2.75, 3.05) is 0 Å². The van der Waals surface area contributed by atoms with E-state index in [-0.39, 0.29) is 5.41 Å². The zero-order chi connectivity index (χ0) is 17.7. The maximum atomic E-state index is 9.79. The normalized spacial score (nSPS) is 42.7. The standard InChI is InChI=1S/C24H41N/c1-3-15-24(18-25)16-5-6-23(17-24)22-13-11-21(12-14-22)20-9-7-19(4-2)8-10-20/h19-23H,3-17H2,1-2H3. The smallest absolute Gasteiger partial charge is 0.0689 e. The van der Waals surface area contributed by atoms with Crippen molar-refractivity contribution in [1.29, 1.82) is 5.26 Å². The average Bonchev–Trinajstić information content (AvgIpc) is 2.68. The van der Waals surface area contributed by atoms with Crippen LogP contribution < -0.4 is 0 Å². The third-order valence-corrected chi connectivity index (χ3v) is 8.47. The van der Waals surface area contributed by atoms with E-state index < -0.39 is 0 Å². The number of nitriles is 1. The molecule has 3 saturated carbocycles. The van der Waals surface area contributed by atoms with Crippen LogP contribution in [-0.4, -0.2) is 0 Å². The highest BCUT2D eigenvalue weighted by Crippen LogP contribution is 2.50. The molecule has 0 radical (unpaired) electrons. The third kappa shape index (κ3) is 4.61. The number of nitrogens with zero attached hydrogens (tertiary/aromatic N) is 1. The Labute approximate surface area is 157 Å². The van der Waals surface area contributed by atoms with Gasteiger partial charge in [0.15, 0.2) is 0 Å². The van der Waals surface area contributed by atoms with Gasteiger partial charge < -0.3 is 0 Å². The second-order valence-electron chi connectivity index (χ2n) is 9.86. The molecule has 3 fully saturated rings. The van der Waals surface area contributed by atoms with Crippen LogP contribution in [0.15, 0.2) is 0 Å². The van der Waals surface area contributed by atoms with Gasteiger partial charge in [-0.15, -0.1) is 0 Å². The summed E-state index contributed by atoms with van der Waals surface area (Å²) in [6.07, 6.45) is 20.8. The van der Waals surface area contributed by atoms with Crippen LogP contribution in [-0.2, 0) is 0 Å². The topological polar surface area (TPSA) is 23.8 Å². The van der Waals surface area contributed by atoms with Gasteiger partial charge in [0.25, 0.3) is 0 Å². The second kappa shape index (κ2) is 8.92. The van der Waals surface area contributed by atoms with Gasteiger partial charge in [-0.05, 0) is 87.4 Å². The summed E-state index contributed by atoms with van der Waals surface area (Å²) in [6, 6.07) is 2.76. The van der Waals surface area contributed by atoms with Crippen LogP contribution >= 0.6 is 0 Å². The van der Waals surface area contributed by atoms with E-state index >= 15 is 0 Å². The molecular weight excluding hydrogens is 302 g/mol. The molecule has 0 N–H and O–H groups in total. The predicted molar refractivity (Wildman–Crippen MR) is 106 cm³/mol. The van der Waals surface area contributed by atoms with Crippen molar-refractivity contribution in [3.05, 3.63) is 0 Å². The average molecular weight is 344 g/mol. The minimum absolute atomic E-state index is 0.0348. The zero-order valence-electron chi connectivity index (χ0n) is 16.9. The Morgan fingerprint density at radius 2 is 1.36 bits per heavy atom.